The van der Waals surface area contributed by atoms with Crippen molar-refractivity contribution >= 4 is 15.7 Å². The molecule has 3 unspecified atom stereocenters. The molecule has 7 heteroatoms. The standard InChI is InChI=1S/C23H29NO5S/c1-3-17-4-6-19(7-5-17)28-14-23(25)24(18-10-11-30(26,27)15-18)13-20-8-9-22(29-20)21-12-16(21)2/h4-9,16,18,21H,3,10-15H2,1-2H3. The van der Waals surface area contributed by atoms with E-state index in [1.165, 1.54) is 5.56 Å². The van der Waals surface area contributed by atoms with Gasteiger partial charge in [0.15, 0.2) is 16.4 Å². The molecule has 3 atom stereocenters. The van der Waals surface area contributed by atoms with Gasteiger partial charge in [-0.2, -0.15) is 0 Å². The number of nitrogens with zero attached hydrogens (tertiary/aromatic N) is 1. The molecule has 4 rings (SSSR count). The number of hydrogen-bond donors (Lipinski definition) is 0. The molecular weight excluding hydrogens is 402 g/mol. The normalized spacial score (nSPS) is 24.5. The summed E-state index contributed by atoms with van der Waals surface area (Å²) in [6.45, 7) is 4.40. The molecule has 0 bridgehead atoms. The number of carbonyl (C=O) groups is 1. The maximum atomic E-state index is 13.0. The quantitative estimate of drug-likeness (QED) is 0.639. The summed E-state index contributed by atoms with van der Waals surface area (Å²) in [7, 11) is -3.11. The third-order valence-electron chi connectivity index (χ3n) is 6.15. The van der Waals surface area contributed by atoms with Crippen LogP contribution in [0, 0.1) is 5.92 Å². The highest BCUT2D eigenvalue weighted by Crippen LogP contribution is 2.47. The van der Waals surface area contributed by atoms with Crippen molar-refractivity contribution in [1.82, 2.24) is 4.90 Å². The predicted molar refractivity (Wildman–Crippen MR) is 114 cm³/mol. The number of ether oxygens (including phenoxy) is 1. The topological polar surface area (TPSA) is 76.8 Å². The molecule has 0 spiro atoms. The third kappa shape index (κ3) is 4.89. The van der Waals surface area contributed by atoms with E-state index in [1.807, 2.05) is 36.4 Å². The van der Waals surface area contributed by atoms with Gasteiger partial charge < -0.3 is 14.1 Å². The summed E-state index contributed by atoms with van der Waals surface area (Å²) in [6.07, 6.45) is 2.52. The minimum absolute atomic E-state index is 0.00282. The lowest BCUT2D eigenvalue weighted by molar-refractivity contribution is -0.136. The van der Waals surface area contributed by atoms with Crippen molar-refractivity contribution in [2.45, 2.75) is 51.6 Å². The lowest BCUT2D eigenvalue weighted by Gasteiger charge is -2.27. The average Bonchev–Trinajstić information content (AvgIpc) is 3.12. The summed E-state index contributed by atoms with van der Waals surface area (Å²) < 4.78 is 35.7. The van der Waals surface area contributed by atoms with Crippen LogP contribution in [0.15, 0.2) is 40.8 Å². The Morgan fingerprint density at radius 2 is 1.93 bits per heavy atom. The Labute approximate surface area is 178 Å². The Kier molecular flexibility index (Phi) is 5.91. The molecule has 2 fully saturated rings. The molecule has 2 aromatic rings. The van der Waals surface area contributed by atoms with Crippen LogP contribution in [0.4, 0.5) is 0 Å². The van der Waals surface area contributed by atoms with Gasteiger partial charge in [0.2, 0.25) is 0 Å². The van der Waals surface area contributed by atoms with Gasteiger partial charge in [-0.15, -0.1) is 0 Å². The Bertz CT molecular complexity index is 995. The molecule has 1 aliphatic carbocycles. The van der Waals surface area contributed by atoms with Gasteiger partial charge >= 0.3 is 0 Å². The van der Waals surface area contributed by atoms with Gasteiger partial charge in [0.25, 0.3) is 5.91 Å². The Morgan fingerprint density at radius 3 is 2.53 bits per heavy atom. The molecule has 1 aliphatic heterocycles. The molecule has 2 aliphatic rings. The first-order valence-electron chi connectivity index (χ1n) is 10.6. The van der Waals surface area contributed by atoms with Crippen LogP contribution in [-0.2, 0) is 27.6 Å². The van der Waals surface area contributed by atoms with E-state index in [1.54, 1.807) is 4.90 Å². The Balaban J connectivity index is 1.44. The van der Waals surface area contributed by atoms with E-state index in [4.69, 9.17) is 9.15 Å². The molecule has 30 heavy (non-hydrogen) atoms. The van der Waals surface area contributed by atoms with E-state index in [0.717, 1.165) is 18.6 Å². The molecule has 2 heterocycles. The van der Waals surface area contributed by atoms with Crippen LogP contribution in [0.5, 0.6) is 5.75 Å². The molecule has 1 aromatic heterocycles. The number of furan rings is 1. The summed E-state index contributed by atoms with van der Waals surface area (Å²) in [6, 6.07) is 11.2. The fourth-order valence-corrected chi connectivity index (χ4v) is 5.79. The summed E-state index contributed by atoms with van der Waals surface area (Å²) >= 11 is 0. The number of carbonyl (C=O) groups excluding carboxylic acids is 1. The number of sulfone groups is 1. The first kappa shape index (κ1) is 21.0. The largest absolute Gasteiger partial charge is 0.484 e. The highest BCUT2D eigenvalue weighted by atomic mass is 32.2. The number of benzene rings is 1. The van der Waals surface area contributed by atoms with Crippen molar-refractivity contribution in [2.75, 3.05) is 18.1 Å². The van der Waals surface area contributed by atoms with Crippen molar-refractivity contribution in [1.29, 1.82) is 0 Å². The van der Waals surface area contributed by atoms with Gasteiger partial charge in [-0.1, -0.05) is 26.0 Å². The summed E-state index contributed by atoms with van der Waals surface area (Å²) in [5.41, 5.74) is 1.20. The fourth-order valence-electron chi connectivity index (χ4n) is 4.06. The first-order chi connectivity index (χ1) is 14.3. The average molecular weight is 432 g/mol. The van der Waals surface area contributed by atoms with E-state index in [2.05, 4.69) is 13.8 Å². The van der Waals surface area contributed by atoms with E-state index in [9.17, 15) is 13.2 Å². The second kappa shape index (κ2) is 8.46. The molecule has 162 valence electrons. The Hall–Kier alpha value is -2.28. The van der Waals surface area contributed by atoms with E-state index < -0.39 is 9.84 Å². The van der Waals surface area contributed by atoms with E-state index >= 15 is 0 Å². The monoisotopic (exact) mass is 431 g/mol. The first-order valence-corrected chi connectivity index (χ1v) is 12.5. The number of rotatable bonds is 8. The predicted octanol–water partition coefficient (Wildman–Crippen LogP) is 3.56. The minimum Gasteiger partial charge on any atom is -0.484 e. The Morgan fingerprint density at radius 1 is 1.20 bits per heavy atom. The maximum Gasteiger partial charge on any atom is 0.261 e. The maximum absolute atomic E-state index is 13.0. The summed E-state index contributed by atoms with van der Waals surface area (Å²) in [5, 5.41) is 0. The van der Waals surface area contributed by atoms with Crippen molar-refractivity contribution in [2.24, 2.45) is 5.92 Å². The van der Waals surface area contributed by atoms with Crippen LogP contribution in [0.1, 0.15) is 49.7 Å². The van der Waals surface area contributed by atoms with Crippen LogP contribution in [0.25, 0.3) is 0 Å². The van der Waals surface area contributed by atoms with Crippen LogP contribution < -0.4 is 4.74 Å². The molecule has 0 N–H and O–H groups in total. The molecule has 1 saturated carbocycles. The molecule has 1 saturated heterocycles. The van der Waals surface area contributed by atoms with Crippen molar-refractivity contribution in [3.63, 3.8) is 0 Å². The van der Waals surface area contributed by atoms with Crippen LogP contribution in [0.2, 0.25) is 0 Å². The molecule has 6 nitrogen and oxygen atoms in total. The van der Waals surface area contributed by atoms with Gasteiger partial charge in [-0.3, -0.25) is 4.79 Å². The molecule has 0 radical (unpaired) electrons. The van der Waals surface area contributed by atoms with Crippen LogP contribution >= 0.6 is 0 Å². The smallest absolute Gasteiger partial charge is 0.261 e. The second-order valence-electron chi connectivity index (χ2n) is 8.49. The third-order valence-corrected chi connectivity index (χ3v) is 7.90. The van der Waals surface area contributed by atoms with Crippen molar-refractivity contribution in [3.8, 4) is 5.75 Å². The second-order valence-corrected chi connectivity index (χ2v) is 10.7. The van der Waals surface area contributed by atoms with Gasteiger partial charge in [-0.05, 0) is 55.0 Å². The lowest BCUT2D eigenvalue weighted by Crippen LogP contribution is -2.43. The zero-order valence-corrected chi connectivity index (χ0v) is 18.4. The number of hydrogen-bond acceptors (Lipinski definition) is 5. The highest BCUT2D eigenvalue weighted by Gasteiger charge is 2.38. The minimum atomic E-state index is -3.11. The van der Waals surface area contributed by atoms with Gasteiger partial charge in [0.1, 0.15) is 17.3 Å². The highest BCUT2D eigenvalue weighted by molar-refractivity contribution is 7.91. The van der Waals surface area contributed by atoms with Crippen LogP contribution in [-0.4, -0.2) is 43.4 Å². The number of amides is 1. The zero-order chi connectivity index (χ0) is 21.3. The van der Waals surface area contributed by atoms with Gasteiger partial charge in [0.05, 0.1) is 18.1 Å². The van der Waals surface area contributed by atoms with Gasteiger partial charge in [-0.25, -0.2) is 8.42 Å². The van der Waals surface area contributed by atoms with Crippen LogP contribution in [0.3, 0.4) is 0 Å². The SMILES string of the molecule is CCc1ccc(OCC(=O)N(Cc2ccc(C3CC3C)o2)C2CCS(=O)(=O)C2)cc1. The summed E-state index contributed by atoms with van der Waals surface area (Å²) in [4.78, 5) is 14.6. The van der Waals surface area contributed by atoms with E-state index in [-0.39, 0.29) is 36.6 Å². The lowest BCUT2D eigenvalue weighted by atomic mass is 10.2. The molecular formula is C23H29NO5S. The number of aryl methyl sites for hydroxylation is 1. The molecule has 1 aromatic carbocycles. The van der Waals surface area contributed by atoms with Gasteiger partial charge in [0, 0.05) is 12.0 Å². The zero-order valence-electron chi connectivity index (χ0n) is 17.5. The van der Waals surface area contributed by atoms with Crippen molar-refractivity contribution in [3.05, 3.63) is 53.5 Å². The van der Waals surface area contributed by atoms with E-state index in [0.29, 0.717) is 29.8 Å². The summed E-state index contributed by atoms with van der Waals surface area (Å²) in [5.74, 6) is 3.25. The molecule has 1 amide bonds. The van der Waals surface area contributed by atoms with Crippen molar-refractivity contribution < 1.29 is 22.4 Å². The fraction of sp³-hybridized carbons (Fsp3) is 0.522.